The summed E-state index contributed by atoms with van der Waals surface area (Å²) in [6, 6.07) is 3.91. The van der Waals surface area contributed by atoms with Crippen LogP contribution in [0.3, 0.4) is 0 Å². The summed E-state index contributed by atoms with van der Waals surface area (Å²) in [7, 11) is 0. The monoisotopic (exact) mass is 192 g/mol. The topological polar surface area (TPSA) is 25.8 Å². The number of halogens is 1. The van der Waals surface area contributed by atoms with Gasteiger partial charge in [0, 0.05) is 11.9 Å². The Morgan fingerprint density at radius 3 is 2.77 bits per heavy atom. The highest BCUT2D eigenvalue weighted by molar-refractivity contribution is 6.31. The number of aromatic nitrogens is 2. The molecule has 13 heavy (non-hydrogen) atoms. The Labute approximate surface area is 81.6 Å². The van der Waals surface area contributed by atoms with Crippen molar-refractivity contribution in [1.82, 2.24) is 9.97 Å². The molecule has 0 aliphatic heterocycles. The Hall–Kier alpha value is -1.15. The van der Waals surface area contributed by atoms with Crippen LogP contribution in [0.25, 0.3) is 11.0 Å². The molecule has 0 unspecified atom stereocenters. The summed E-state index contributed by atoms with van der Waals surface area (Å²) in [6.07, 6.45) is 1.66. The molecule has 0 atom stereocenters. The van der Waals surface area contributed by atoms with Crippen molar-refractivity contribution in [3.05, 3.63) is 34.6 Å². The Balaban J connectivity index is 2.89. The van der Waals surface area contributed by atoms with Gasteiger partial charge in [0.15, 0.2) is 0 Å². The number of rotatable bonds is 0. The molecule has 3 heteroatoms. The third-order valence-corrected chi connectivity index (χ3v) is 2.42. The second-order valence-corrected chi connectivity index (χ2v) is 3.46. The molecule has 2 rings (SSSR count). The van der Waals surface area contributed by atoms with Crippen LogP contribution in [0.5, 0.6) is 0 Å². The molecule has 0 bridgehead atoms. The van der Waals surface area contributed by atoms with E-state index in [0.717, 1.165) is 22.3 Å². The quantitative estimate of drug-likeness (QED) is 0.642. The normalized spacial score (nSPS) is 10.7. The Kier molecular flexibility index (Phi) is 1.93. The van der Waals surface area contributed by atoms with Crippen LogP contribution in [0.4, 0.5) is 0 Å². The van der Waals surface area contributed by atoms with Crippen molar-refractivity contribution in [1.29, 1.82) is 0 Å². The van der Waals surface area contributed by atoms with Crippen LogP contribution in [0, 0.1) is 13.8 Å². The fraction of sp³-hybridized carbons (Fsp3) is 0.200. The van der Waals surface area contributed by atoms with Gasteiger partial charge in [-0.05, 0) is 31.5 Å². The lowest BCUT2D eigenvalue weighted by Gasteiger charge is -2.02. The Bertz CT molecular complexity index is 460. The molecule has 0 fully saturated rings. The number of nitrogens with zero attached hydrogens (tertiary/aromatic N) is 2. The summed E-state index contributed by atoms with van der Waals surface area (Å²) in [6.45, 7) is 3.92. The van der Waals surface area contributed by atoms with Crippen molar-refractivity contribution >= 4 is 22.6 Å². The van der Waals surface area contributed by atoms with Gasteiger partial charge < -0.3 is 0 Å². The van der Waals surface area contributed by atoms with E-state index in [9.17, 15) is 0 Å². The number of fused-ring (bicyclic) bond motifs is 1. The van der Waals surface area contributed by atoms with E-state index in [-0.39, 0.29) is 0 Å². The SMILES string of the molecule is Cc1ccc2ncc(Cl)c(C)c2n1. The first kappa shape index (κ1) is 8.45. The zero-order valence-electron chi connectivity index (χ0n) is 7.50. The molecule has 0 aliphatic carbocycles. The van der Waals surface area contributed by atoms with Gasteiger partial charge in [0.1, 0.15) is 0 Å². The number of hydrogen-bond acceptors (Lipinski definition) is 2. The lowest BCUT2D eigenvalue weighted by Crippen LogP contribution is -1.89. The van der Waals surface area contributed by atoms with E-state index < -0.39 is 0 Å². The first-order chi connectivity index (χ1) is 6.18. The minimum Gasteiger partial charge on any atom is -0.253 e. The van der Waals surface area contributed by atoms with E-state index in [1.807, 2.05) is 26.0 Å². The first-order valence-electron chi connectivity index (χ1n) is 4.07. The van der Waals surface area contributed by atoms with Crippen LogP contribution in [0.1, 0.15) is 11.3 Å². The Morgan fingerprint density at radius 1 is 1.23 bits per heavy atom. The minimum atomic E-state index is 0.672. The van der Waals surface area contributed by atoms with Crippen LogP contribution in [-0.2, 0) is 0 Å². The van der Waals surface area contributed by atoms with E-state index in [2.05, 4.69) is 9.97 Å². The fourth-order valence-electron chi connectivity index (χ4n) is 1.27. The maximum Gasteiger partial charge on any atom is 0.0933 e. The predicted octanol–water partition coefficient (Wildman–Crippen LogP) is 2.90. The van der Waals surface area contributed by atoms with Gasteiger partial charge in [-0.1, -0.05) is 11.6 Å². The number of pyridine rings is 2. The average molecular weight is 193 g/mol. The van der Waals surface area contributed by atoms with E-state index in [1.54, 1.807) is 6.20 Å². The lowest BCUT2D eigenvalue weighted by molar-refractivity contribution is 1.22. The molecule has 2 nitrogen and oxygen atoms in total. The minimum absolute atomic E-state index is 0.672. The van der Waals surface area contributed by atoms with Crippen molar-refractivity contribution in [3.63, 3.8) is 0 Å². The second-order valence-electron chi connectivity index (χ2n) is 3.05. The number of hydrogen-bond donors (Lipinski definition) is 0. The van der Waals surface area contributed by atoms with Gasteiger partial charge in [-0.2, -0.15) is 0 Å². The van der Waals surface area contributed by atoms with Crippen molar-refractivity contribution in [2.24, 2.45) is 0 Å². The third-order valence-electron chi connectivity index (χ3n) is 2.04. The van der Waals surface area contributed by atoms with Gasteiger partial charge in [-0.25, -0.2) is 0 Å². The zero-order valence-corrected chi connectivity index (χ0v) is 8.26. The van der Waals surface area contributed by atoms with Crippen molar-refractivity contribution in [3.8, 4) is 0 Å². The molecule has 0 N–H and O–H groups in total. The molecule has 2 aromatic heterocycles. The van der Waals surface area contributed by atoms with Gasteiger partial charge in [0.2, 0.25) is 0 Å². The van der Waals surface area contributed by atoms with E-state index >= 15 is 0 Å². The van der Waals surface area contributed by atoms with Gasteiger partial charge >= 0.3 is 0 Å². The van der Waals surface area contributed by atoms with Crippen molar-refractivity contribution in [2.75, 3.05) is 0 Å². The molecule has 2 heterocycles. The summed E-state index contributed by atoms with van der Waals surface area (Å²) in [5.74, 6) is 0. The lowest BCUT2D eigenvalue weighted by atomic mass is 10.2. The van der Waals surface area contributed by atoms with E-state index in [4.69, 9.17) is 11.6 Å². The standard InChI is InChI=1S/C10H9ClN2/c1-6-3-4-9-10(13-6)7(2)8(11)5-12-9/h3-5H,1-2H3. The van der Waals surface area contributed by atoms with Crippen LogP contribution >= 0.6 is 11.6 Å². The summed E-state index contributed by atoms with van der Waals surface area (Å²) >= 11 is 5.94. The van der Waals surface area contributed by atoms with Gasteiger partial charge in [0.05, 0.1) is 16.1 Å². The summed E-state index contributed by atoms with van der Waals surface area (Å²) in [4.78, 5) is 8.58. The summed E-state index contributed by atoms with van der Waals surface area (Å²) in [5.41, 5.74) is 3.77. The van der Waals surface area contributed by atoms with Crippen LogP contribution in [0.15, 0.2) is 18.3 Å². The maximum atomic E-state index is 5.94. The highest BCUT2D eigenvalue weighted by atomic mass is 35.5. The van der Waals surface area contributed by atoms with Crippen molar-refractivity contribution < 1.29 is 0 Å². The van der Waals surface area contributed by atoms with Gasteiger partial charge in [-0.15, -0.1) is 0 Å². The summed E-state index contributed by atoms with van der Waals surface area (Å²) in [5, 5.41) is 0.672. The first-order valence-corrected chi connectivity index (χ1v) is 4.45. The fourth-order valence-corrected chi connectivity index (χ4v) is 1.40. The predicted molar refractivity (Wildman–Crippen MR) is 54.0 cm³/mol. The third kappa shape index (κ3) is 1.38. The second kappa shape index (κ2) is 2.96. The molecule has 2 aromatic rings. The van der Waals surface area contributed by atoms with Crippen LogP contribution in [-0.4, -0.2) is 9.97 Å². The molecule has 0 saturated heterocycles. The van der Waals surface area contributed by atoms with Crippen LogP contribution < -0.4 is 0 Å². The molecule has 0 aromatic carbocycles. The molecule has 0 aliphatic rings. The number of aryl methyl sites for hydroxylation is 2. The van der Waals surface area contributed by atoms with Gasteiger partial charge in [0.25, 0.3) is 0 Å². The highest BCUT2D eigenvalue weighted by Crippen LogP contribution is 2.21. The average Bonchev–Trinajstić information content (AvgIpc) is 2.12. The summed E-state index contributed by atoms with van der Waals surface area (Å²) < 4.78 is 0. The molecule has 0 spiro atoms. The molecule has 66 valence electrons. The maximum absolute atomic E-state index is 5.94. The molecule has 0 saturated carbocycles. The highest BCUT2D eigenvalue weighted by Gasteiger charge is 2.03. The van der Waals surface area contributed by atoms with Gasteiger partial charge in [-0.3, -0.25) is 9.97 Å². The molecule has 0 radical (unpaired) electrons. The van der Waals surface area contributed by atoms with Crippen LogP contribution in [0.2, 0.25) is 5.02 Å². The molecule has 0 amide bonds. The van der Waals surface area contributed by atoms with E-state index in [1.165, 1.54) is 0 Å². The smallest absolute Gasteiger partial charge is 0.0933 e. The van der Waals surface area contributed by atoms with E-state index in [0.29, 0.717) is 5.02 Å². The zero-order chi connectivity index (χ0) is 9.42. The Morgan fingerprint density at radius 2 is 2.00 bits per heavy atom. The largest absolute Gasteiger partial charge is 0.253 e. The van der Waals surface area contributed by atoms with Crippen molar-refractivity contribution in [2.45, 2.75) is 13.8 Å². The molecular formula is C10H9ClN2. The molecular weight excluding hydrogens is 184 g/mol.